The van der Waals surface area contributed by atoms with E-state index in [9.17, 15) is 4.21 Å². The van der Waals surface area contributed by atoms with E-state index < -0.39 is 10.8 Å². The molecule has 0 heterocycles. The van der Waals surface area contributed by atoms with Gasteiger partial charge in [-0.05, 0) is 35.9 Å². The molecule has 0 radical (unpaired) electrons. The summed E-state index contributed by atoms with van der Waals surface area (Å²) in [7, 11) is -1.29. The van der Waals surface area contributed by atoms with E-state index >= 15 is 0 Å². The summed E-state index contributed by atoms with van der Waals surface area (Å²) in [6.45, 7) is 0. The topological polar surface area (TPSA) is 43.1 Å². The Morgan fingerprint density at radius 1 is 1.00 bits per heavy atom. The van der Waals surface area contributed by atoms with Crippen molar-refractivity contribution in [2.45, 2.75) is 10.6 Å². The number of benzene rings is 2. The monoisotopic (exact) mass is 333 g/mol. The van der Waals surface area contributed by atoms with Crippen LogP contribution in [0.15, 0.2) is 41.3 Å². The molecule has 0 spiro atoms. The maximum absolute atomic E-state index is 12.3. The molecular weight excluding hydrogens is 325 g/mol. The minimum atomic E-state index is -1.29. The lowest BCUT2D eigenvalue weighted by Crippen LogP contribution is -1.99. The Labute approximate surface area is 128 Å². The number of hydrogen-bond acceptors (Lipinski definition) is 2. The molecule has 2 rings (SSSR count). The summed E-state index contributed by atoms with van der Waals surface area (Å²) in [6.07, 6.45) is 0. The fourth-order valence-corrected chi connectivity index (χ4v) is 3.75. The third-order valence-electron chi connectivity index (χ3n) is 2.50. The predicted molar refractivity (Wildman–Crippen MR) is 82.4 cm³/mol. The van der Waals surface area contributed by atoms with Gasteiger partial charge in [0, 0.05) is 15.7 Å². The predicted octanol–water partition coefficient (Wildman–Crippen LogP) is 4.54. The maximum Gasteiger partial charge on any atom is 0.0589 e. The highest BCUT2D eigenvalue weighted by Gasteiger charge is 2.12. The second kappa shape index (κ2) is 6.14. The van der Waals surface area contributed by atoms with Gasteiger partial charge >= 0.3 is 0 Å². The van der Waals surface area contributed by atoms with Gasteiger partial charge in [-0.25, -0.2) is 0 Å². The van der Waals surface area contributed by atoms with Gasteiger partial charge in [0.15, 0.2) is 0 Å². The number of hydrogen-bond donors (Lipinski definition) is 1. The molecule has 2 nitrogen and oxygen atoms in total. The molecule has 0 saturated heterocycles. The highest BCUT2D eigenvalue weighted by atomic mass is 35.5. The fraction of sp³-hybridized carbons (Fsp3) is 0.0769. The quantitative estimate of drug-likeness (QED) is 0.838. The lowest BCUT2D eigenvalue weighted by Gasteiger charge is -2.07. The zero-order chi connectivity index (χ0) is 14.0. The summed E-state index contributed by atoms with van der Waals surface area (Å²) < 4.78 is 12.3. The molecule has 2 aromatic rings. The first-order valence-corrected chi connectivity index (χ1v) is 7.80. The van der Waals surface area contributed by atoms with Crippen LogP contribution < -0.4 is 5.73 Å². The van der Waals surface area contributed by atoms with Gasteiger partial charge in [0.25, 0.3) is 0 Å². The molecule has 1 unspecified atom stereocenters. The Balaban J connectivity index is 2.25. The van der Waals surface area contributed by atoms with Crippen molar-refractivity contribution in [2.24, 2.45) is 0 Å². The molecule has 6 heteroatoms. The molecule has 2 N–H and O–H groups in total. The van der Waals surface area contributed by atoms with E-state index in [-0.39, 0.29) is 5.75 Å². The van der Waals surface area contributed by atoms with Crippen LogP contribution in [0.1, 0.15) is 5.56 Å². The standard InChI is InChI=1S/C13H10Cl3NOS/c14-9-2-1-8(11(15)5-9)7-19(18)13-4-3-10(17)6-12(13)16/h1-6H,7,17H2. The minimum absolute atomic E-state index is 0.277. The summed E-state index contributed by atoms with van der Waals surface area (Å²) in [5.74, 6) is 0.277. The van der Waals surface area contributed by atoms with Crippen LogP contribution in [-0.4, -0.2) is 4.21 Å². The number of nitrogen functional groups attached to an aromatic ring is 1. The molecule has 1 atom stereocenters. The summed E-state index contributed by atoms with van der Waals surface area (Å²) >= 11 is 17.9. The van der Waals surface area contributed by atoms with E-state index in [1.165, 1.54) is 0 Å². The zero-order valence-electron chi connectivity index (χ0n) is 9.70. The van der Waals surface area contributed by atoms with Crippen LogP contribution in [-0.2, 0) is 16.6 Å². The van der Waals surface area contributed by atoms with Crippen LogP contribution >= 0.6 is 34.8 Å². The van der Waals surface area contributed by atoms with Gasteiger partial charge in [-0.2, -0.15) is 0 Å². The number of anilines is 1. The van der Waals surface area contributed by atoms with E-state index in [0.717, 1.165) is 5.56 Å². The van der Waals surface area contributed by atoms with Crippen LogP contribution in [0.2, 0.25) is 15.1 Å². The first-order chi connectivity index (χ1) is 8.97. The van der Waals surface area contributed by atoms with Crippen molar-refractivity contribution in [3.63, 3.8) is 0 Å². The fourth-order valence-electron chi connectivity index (χ4n) is 1.56. The van der Waals surface area contributed by atoms with Crippen LogP contribution in [0.5, 0.6) is 0 Å². The van der Waals surface area contributed by atoms with Gasteiger partial charge in [0.2, 0.25) is 0 Å². The Hall–Kier alpha value is -0.740. The van der Waals surface area contributed by atoms with Crippen molar-refractivity contribution in [1.29, 1.82) is 0 Å². The van der Waals surface area contributed by atoms with E-state index in [4.69, 9.17) is 40.5 Å². The molecule has 0 aliphatic carbocycles. The Bertz CT molecular complexity index is 646. The van der Waals surface area contributed by atoms with Gasteiger partial charge in [-0.3, -0.25) is 4.21 Å². The van der Waals surface area contributed by atoms with Crippen LogP contribution in [0.25, 0.3) is 0 Å². The molecule has 0 amide bonds. The van der Waals surface area contributed by atoms with E-state index in [1.54, 1.807) is 36.4 Å². The Kier molecular flexibility index (Phi) is 4.74. The maximum atomic E-state index is 12.3. The average Bonchev–Trinajstić information content (AvgIpc) is 2.32. The Morgan fingerprint density at radius 2 is 1.74 bits per heavy atom. The molecule has 0 fully saturated rings. The molecule has 2 aromatic carbocycles. The van der Waals surface area contributed by atoms with Gasteiger partial charge < -0.3 is 5.73 Å². The molecular formula is C13H10Cl3NOS. The Morgan fingerprint density at radius 3 is 2.37 bits per heavy atom. The van der Waals surface area contributed by atoms with Gasteiger partial charge in [0.05, 0.1) is 26.5 Å². The highest BCUT2D eigenvalue weighted by molar-refractivity contribution is 7.84. The number of rotatable bonds is 3. The van der Waals surface area contributed by atoms with E-state index in [2.05, 4.69) is 0 Å². The van der Waals surface area contributed by atoms with Gasteiger partial charge in [-0.1, -0.05) is 40.9 Å². The molecule has 19 heavy (non-hydrogen) atoms. The SMILES string of the molecule is Nc1ccc(S(=O)Cc2ccc(Cl)cc2Cl)c(Cl)c1. The van der Waals surface area contributed by atoms with Crippen LogP contribution in [0, 0.1) is 0 Å². The molecule has 0 saturated carbocycles. The molecule has 0 aliphatic rings. The largest absolute Gasteiger partial charge is 0.399 e. The molecule has 0 aliphatic heterocycles. The normalized spacial score (nSPS) is 12.4. The molecule has 0 bridgehead atoms. The van der Waals surface area contributed by atoms with E-state index in [1.807, 2.05) is 0 Å². The second-order valence-corrected chi connectivity index (χ2v) is 6.59. The van der Waals surface area contributed by atoms with Gasteiger partial charge in [-0.15, -0.1) is 0 Å². The van der Waals surface area contributed by atoms with Gasteiger partial charge in [0.1, 0.15) is 0 Å². The van der Waals surface area contributed by atoms with Crippen molar-refractivity contribution in [1.82, 2.24) is 0 Å². The average molecular weight is 335 g/mol. The van der Waals surface area contributed by atoms with Crippen molar-refractivity contribution in [3.8, 4) is 0 Å². The smallest absolute Gasteiger partial charge is 0.0589 e. The van der Waals surface area contributed by atoms with Crippen molar-refractivity contribution < 1.29 is 4.21 Å². The highest BCUT2D eigenvalue weighted by Crippen LogP contribution is 2.27. The zero-order valence-corrected chi connectivity index (χ0v) is 12.8. The summed E-state index contributed by atoms with van der Waals surface area (Å²) in [6, 6.07) is 10.0. The number of halogens is 3. The summed E-state index contributed by atoms with van der Waals surface area (Å²) in [5.41, 5.74) is 6.90. The summed E-state index contributed by atoms with van der Waals surface area (Å²) in [5, 5.41) is 1.43. The molecule has 0 aromatic heterocycles. The lowest BCUT2D eigenvalue weighted by atomic mass is 10.2. The van der Waals surface area contributed by atoms with Crippen molar-refractivity contribution >= 4 is 51.3 Å². The minimum Gasteiger partial charge on any atom is -0.399 e. The lowest BCUT2D eigenvalue weighted by molar-refractivity contribution is 0.682. The van der Waals surface area contributed by atoms with E-state index in [0.29, 0.717) is 25.7 Å². The second-order valence-electron chi connectivity index (χ2n) is 3.92. The third kappa shape index (κ3) is 3.63. The molecule has 100 valence electrons. The van der Waals surface area contributed by atoms with Crippen LogP contribution in [0.4, 0.5) is 5.69 Å². The first kappa shape index (κ1) is 14.7. The first-order valence-electron chi connectivity index (χ1n) is 5.34. The van der Waals surface area contributed by atoms with Crippen LogP contribution in [0.3, 0.4) is 0 Å². The summed E-state index contributed by atoms with van der Waals surface area (Å²) in [4.78, 5) is 0.543. The van der Waals surface area contributed by atoms with Crippen molar-refractivity contribution in [3.05, 3.63) is 57.0 Å². The van der Waals surface area contributed by atoms with Crippen molar-refractivity contribution in [2.75, 3.05) is 5.73 Å². The number of nitrogens with two attached hydrogens (primary N) is 1. The third-order valence-corrected chi connectivity index (χ3v) is 4.93.